The average Bonchev–Trinajstić information content (AvgIpc) is 2.93. The molecular weight excluding hydrogens is 353 g/mol. The van der Waals surface area contributed by atoms with E-state index in [1.54, 1.807) is 6.92 Å². The van der Waals surface area contributed by atoms with Crippen LogP contribution in [-0.4, -0.2) is 29.9 Å². The first kappa shape index (κ1) is 20.2. The molecule has 2 aromatic rings. The molecule has 0 aliphatic carbocycles. The van der Waals surface area contributed by atoms with Gasteiger partial charge < -0.3 is 20.4 Å². The zero-order valence-electron chi connectivity index (χ0n) is 15.7. The molecule has 0 radical (unpaired) electrons. The van der Waals surface area contributed by atoms with Crippen LogP contribution < -0.4 is 10.6 Å². The van der Waals surface area contributed by atoms with Crippen LogP contribution in [0.5, 0.6) is 0 Å². The minimum atomic E-state index is -0.612. The molecule has 3 N–H and O–H groups in total. The van der Waals surface area contributed by atoms with E-state index < -0.39 is 23.6 Å². The van der Waals surface area contributed by atoms with Gasteiger partial charge in [-0.3, -0.25) is 9.59 Å². The molecule has 1 aromatic carbocycles. The highest BCUT2D eigenvalue weighted by atomic mass is 19.1. The number of esters is 1. The molecule has 0 bridgehead atoms. The lowest BCUT2D eigenvalue weighted by Crippen LogP contribution is -2.16. The van der Waals surface area contributed by atoms with Gasteiger partial charge in [0.2, 0.25) is 5.91 Å². The third-order valence-electron chi connectivity index (χ3n) is 3.94. The number of anilines is 2. The summed E-state index contributed by atoms with van der Waals surface area (Å²) in [6.07, 6.45) is 1.24. The molecule has 0 aliphatic rings. The van der Waals surface area contributed by atoms with Crippen molar-refractivity contribution in [3.05, 3.63) is 46.5 Å². The number of carbonyl (C=O) groups excluding carboxylic acids is 3. The normalized spacial score (nSPS) is 10.4. The van der Waals surface area contributed by atoms with Gasteiger partial charge in [0.05, 0.1) is 18.4 Å². The Balaban J connectivity index is 2.36. The van der Waals surface area contributed by atoms with Gasteiger partial charge in [0.1, 0.15) is 11.5 Å². The summed E-state index contributed by atoms with van der Waals surface area (Å²) < 4.78 is 18.6. The second-order valence-electron chi connectivity index (χ2n) is 6.05. The van der Waals surface area contributed by atoms with Crippen LogP contribution in [0.4, 0.5) is 15.8 Å². The first-order chi connectivity index (χ1) is 12.8. The summed E-state index contributed by atoms with van der Waals surface area (Å²) in [5.74, 6) is -2.03. The molecule has 2 rings (SSSR count). The Morgan fingerprint density at radius 1 is 1.22 bits per heavy atom. The zero-order chi connectivity index (χ0) is 20.1. The van der Waals surface area contributed by atoms with Crippen molar-refractivity contribution in [2.45, 2.75) is 33.6 Å². The number of aromatic nitrogens is 1. The number of aryl methyl sites for hydroxylation is 1. The van der Waals surface area contributed by atoms with Crippen LogP contribution in [0.3, 0.4) is 0 Å². The Bertz CT molecular complexity index is 889. The Labute approximate surface area is 156 Å². The second kappa shape index (κ2) is 8.48. The molecule has 8 heteroatoms. The Kier molecular flexibility index (Phi) is 6.33. The molecule has 144 valence electrons. The highest BCUT2D eigenvalue weighted by molar-refractivity contribution is 6.07. The molecule has 1 aromatic heterocycles. The Morgan fingerprint density at radius 3 is 2.52 bits per heavy atom. The number of methoxy groups -OCH3 is 1. The van der Waals surface area contributed by atoms with Crippen molar-refractivity contribution in [2.24, 2.45) is 0 Å². The molecule has 0 saturated carbocycles. The van der Waals surface area contributed by atoms with Gasteiger partial charge >= 0.3 is 5.97 Å². The van der Waals surface area contributed by atoms with E-state index in [1.807, 2.05) is 6.92 Å². The number of nitrogens with one attached hydrogen (secondary N) is 3. The van der Waals surface area contributed by atoms with Crippen molar-refractivity contribution in [2.75, 3.05) is 17.7 Å². The van der Waals surface area contributed by atoms with E-state index in [1.165, 1.54) is 26.2 Å². The molecule has 2 amide bonds. The fourth-order valence-electron chi connectivity index (χ4n) is 2.83. The fraction of sp³-hybridized carbons (Fsp3) is 0.316. The molecule has 0 aliphatic heterocycles. The van der Waals surface area contributed by atoms with Gasteiger partial charge in [0, 0.05) is 18.3 Å². The SMILES string of the molecule is CCCc1c(C(=O)Nc2ccc(F)c(NC(C)=O)c2)[nH]c(C)c1C(=O)OC. The largest absolute Gasteiger partial charge is 0.465 e. The monoisotopic (exact) mass is 375 g/mol. The number of benzene rings is 1. The number of rotatable bonds is 6. The van der Waals surface area contributed by atoms with Gasteiger partial charge in [-0.05, 0) is 37.1 Å². The number of hydrogen-bond donors (Lipinski definition) is 3. The van der Waals surface area contributed by atoms with Crippen molar-refractivity contribution in [1.29, 1.82) is 0 Å². The maximum atomic E-state index is 13.8. The highest BCUT2D eigenvalue weighted by Crippen LogP contribution is 2.24. The average molecular weight is 375 g/mol. The summed E-state index contributed by atoms with van der Waals surface area (Å²) in [5, 5.41) is 5.01. The van der Waals surface area contributed by atoms with Gasteiger partial charge in [0.25, 0.3) is 5.91 Å². The van der Waals surface area contributed by atoms with E-state index in [4.69, 9.17) is 4.74 Å². The van der Waals surface area contributed by atoms with Crippen LogP contribution in [0.2, 0.25) is 0 Å². The van der Waals surface area contributed by atoms with Gasteiger partial charge in [-0.2, -0.15) is 0 Å². The molecule has 0 atom stereocenters. The summed E-state index contributed by atoms with van der Waals surface area (Å²) in [6, 6.07) is 3.86. The first-order valence-corrected chi connectivity index (χ1v) is 8.46. The van der Waals surface area contributed by atoms with E-state index in [-0.39, 0.29) is 11.4 Å². The zero-order valence-corrected chi connectivity index (χ0v) is 15.7. The molecule has 1 heterocycles. The second-order valence-corrected chi connectivity index (χ2v) is 6.05. The van der Waals surface area contributed by atoms with Gasteiger partial charge in [-0.25, -0.2) is 9.18 Å². The predicted molar refractivity (Wildman–Crippen MR) is 99.5 cm³/mol. The van der Waals surface area contributed by atoms with E-state index in [0.29, 0.717) is 28.9 Å². The van der Waals surface area contributed by atoms with E-state index in [9.17, 15) is 18.8 Å². The molecular formula is C19H22FN3O4. The maximum Gasteiger partial charge on any atom is 0.339 e. The lowest BCUT2D eigenvalue weighted by Gasteiger charge is -2.10. The summed E-state index contributed by atoms with van der Waals surface area (Å²) >= 11 is 0. The third kappa shape index (κ3) is 4.52. The van der Waals surface area contributed by atoms with Crippen molar-refractivity contribution < 1.29 is 23.5 Å². The van der Waals surface area contributed by atoms with Gasteiger partial charge in [-0.15, -0.1) is 0 Å². The minimum absolute atomic E-state index is 0.0352. The molecule has 0 spiro atoms. The van der Waals surface area contributed by atoms with Gasteiger partial charge in [-0.1, -0.05) is 13.3 Å². The molecule has 7 nitrogen and oxygen atoms in total. The fourth-order valence-corrected chi connectivity index (χ4v) is 2.83. The third-order valence-corrected chi connectivity index (χ3v) is 3.94. The van der Waals surface area contributed by atoms with Crippen LogP contribution in [0, 0.1) is 12.7 Å². The quantitative estimate of drug-likeness (QED) is 0.674. The lowest BCUT2D eigenvalue weighted by atomic mass is 10.0. The highest BCUT2D eigenvalue weighted by Gasteiger charge is 2.24. The van der Waals surface area contributed by atoms with Crippen LogP contribution in [0.1, 0.15) is 52.4 Å². The topological polar surface area (TPSA) is 100 Å². The van der Waals surface area contributed by atoms with Crippen molar-refractivity contribution in [3.63, 3.8) is 0 Å². The molecule has 0 unspecified atom stereocenters. The number of halogens is 1. The number of amides is 2. The summed E-state index contributed by atoms with van der Waals surface area (Å²) in [6.45, 7) is 4.89. The molecule has 0 saturated heterocycles. The number of hydrogen-bond acceptors (Lipinski definition) is 4. The number of ether oxygens (including phenoxy) is 1. The summed E-state index contributed by atoms with van der Waals surface area (Å²) in [4.78, 5) is 38.9. The first-order valence-electron chi connectivity index (χ1n) is 8.46. The van der Waals surface area contributed by atoms with E-state index in [0.717, 1.165) is 12.5 Å². The minimum Gasteiger partial charge on any atom is -0.465 e. The van der Waals surface area contributed by atoms with E-state index >= 15 is 0 Å². The maximum absolute atomic E-state index is 13.8. The number of aromatic amines is 1. The van der Waals surface area contributed by atoms with Crippen LogP contribution in [0.25, 0.3) is 0 Å². The van der Waals surface area contributed by atoms with Crippen LogP contribution in [-0.2, 0) is 16.0 Å². The Morgan fingerprint density at radius 2 is 1.93 bits per heavy atom. The summed E-state index contributed by atoms with van der Waals surface area (Å²) in [5.41, 5.74) is 1.98. The predicted octanol–water partition coefficient (Wildman–Crippen LogP) is 3.41. The van der Waals surface area contributed by atoms with Crippen molar-refractivity contribution in [3.8, 4) is 0 Å². The Hall–Kier alpha value is -3.16. The lowest BCUT2D eigenvalue weighted by molar-refractivity contribution is -0.114. The number of H-pyrrole nitrogens is 1. The van der Waals surface area contributed by atoms with Crippen molar-refractivity contribution in [1.82, 2.24) is 4.98 Å². The standard InChI is InChI=1S/C19H22FN3O4/c1-5-6-13-16(19(26)27-4)10(2)21-17(13)18(25)23-12-7-8-14(20)15(9-12)22-11(3)24/h7-9,21H,5-6H2,1-4H3,(H,22,24)(H,23,25). The molecule has 0 fully saturated rings. The van der Waals surface area contributed by atoms with Crippen molar-refractivity contribution >= 4 is 29.2 Å². The molecule has 27 heavy (non-hydrogen) atoms. The number of carbonyl (C=O) groups is 3. The van der Waals surface area contributed by atoms with Crippen LogP contribution >= 0.6 is 0 Å². The smallest absolute Gasteiger partial charge is 0.339 e. The van der Waals surface area contributed by atoms with Gasteiger partial charge in [0.15, 0.2) is 0 Å². The van der Waals surface area contributed by atoms with E-state index in [2.05, 4.69) is 15.6 Å². The summed E-state index contributed by atoms with van der Waals surface area (Å²) in [7, 11) is 1.28. The van der Waals surface area contributed by atoms with Crippen LogP contribution in [0.15, 0.2) is 18.2 Å².